The van der Waals surface area contributed by atoms with Crippen molar-refractivity contribution in [3.63, 3.8) is 0 Å². The number of carbonyl (C=O) groups excluding carboxylic acids is 2. The standard InChI is InChI=1S/C23H19ClN4O3S/c1-14-5-7-17(8-6-14)26-21(29)12-20-22(30)27-23(32-20)28-25-13-18-9-10-19(31-18)15-3-2-4-16(24)11-15/h2-11,13,20H,12H2,1H3,(H,26,29)(H,27,28,30)/b25-13+. The molecule has 2 heterocycles. The van der Waals surface area contributed by atoms with Crippen molar-refractivity contribution in [3.05, 3.63) is 77.0 Å². The second-order valence-electron chi connectivity index (χ2n) is 7.08. The van der Waals surface area contributed by atoms with Gasteiger partial charge in [0.05, 0.1) is 6.21 Å². The van der Waals surface area contributed by atoms with E-state index in [2.05, 4.69) is 20.8 Å². The van der Waals surface area contributed by atoms with E-state index >= 15 is 0 Å². The van der Waals surface area contributed by atoms with Crippen LogP contribution in [0.3, 0.4) is 0 Å². The Hall–Kier alpha value is -3.36. The Bertz CT molecular complexity index is 1200. The summed E-state index contributed by atoms with van der Waals surface area (Å²) in [6, 6.07) is 18.4. The third-order valence-electron chi connectivity index (χ3n) is 4.55. The molecule has 7 nitrogen and oxygen atoms in total. The lowest BCUT2D eigenvalue weighted by atomic mass is 10.2. The predicted molar refractivity (Wildman–Crippen MR) is 128 cm³/mol. The van der Waals surface area contributed by atoms with Crippen molar-refractivity contribution >= 4 is 52.2 Å². The molecule has 1 atom stereocenters. The van der Waals surface area contributed by atoms with Gasteiger partial charge in [-0.2, -0.15) is 5.10 Å². The molecule has 1 aliphatic heterocycles. The van der Waals surface area contributed by atoms with Crippen LogP contribution < -0.4 is 10.6 Å². The van der Waals surface area contributed by atoms with Crippen LogP contribution in [0.5, 0.6) is 0 Å². The number of benzene rings is 2. The first kappa shape index (κ1) is 21.9. The van der Waals surface area contributed by atoms with Gasteiger partial charge in [0, 0.05) is 22.7 Å². The zero-order valence-electron chi connectivity index (χ0n) is 17.0. The van der Waals surface area contributed by atoms with Crippen LogP contribution in [0, 0.1) is 6.92 Å². The first-order chi connectivity index (χ1) is 15.5. The van der Waals surface area contributed by atoms with Crippen LogP contribution in [0.25, 0.3) is 11.3 Å². The number of thioether (sulfide) groups is 1. The van der Waals surface area contributed by atoms with Gasteiger partial charge in [-0.05, 0) is 43.3 Å². The fourth-order valence-electron chi connectivity index (χ4n) is 2.96. The summed E-state index contributed by atoms with van der Waals surface area (Å²) in [5, 5.41) is 13.8. The van der Waals surface area contributed by atoms with Gasteiger partial charge >= 0.3 is 0 Å². The van der Waals surface area contributed by atoms with E-state index in [9.17, 15) is 9.59 Å². The summed E-state index contributed by atoms with van der Waals surface area (Å²) in [5.41, 5.74) is 2.65. The Labute approximate surface area is 193 Å². The molecular weight excluding hydrogens is 448 g/mol. The molecule has 1 fully saturated rings. The van der Waals surface area contributed by atoms with E-state index in [1.54, 1.807) is 18.2 Å². The molecule has 0 bridgehead atoms. The highest BCUT2D eigenvalue weighted by Gasteiger charge is 2.32. The molecule has 1 unspecified atom stereocenters. The Morgan fingerprint density at radius 2 is 2.03 bits per heavy atom. The fourth-order valence-corrected chi connectivity index (χ4v) is 4.08. The number of anilines is 1. The van der Waals surface area contributed by atoms with E-state index in [0.29, 0.717) is 27.4 Å². The quantitative estimate of drug-likeness (QED) is 0.400. The van der Waals surface area contributed by atoms with E-state index in [1.807, 2.05) is 49.4 Å². The average Bonchev–Trinajstić information content (AvgIpc) is 3.37. The maximum atomic E-state index is 12.3. The monoisotopic (exact) mass is 466 g/mol. The second-order valence-corrected chi connectivity index (χ2v) is 8.70. The van der Waals surface area contributed by atoms with Gasteiger partial charge in [0.2, 0.25) is 11.8 Å². The highest BCUT2D eigenvalue weighted by Crippen LogP contribution is 2.25. The molecule has 0 radical (unpaired) electrons. The number of amidine groups is 1. The number of hydrogen-bond acceptors (Lipinski definition) is 6. The van der Waals surface area contributed by atoms with E-state index in [4.69, 9.17) is 16.0 Å². The first-order valence-corrected chi connectivity index (χ1v) is 11.0. The topological polar surface area (TPSA) is 96.1 Å². The SMILES string of the molecule is Cc1ccc(NC(=O)CC2S/C(=N/N=C/c3ccc(-c4cccc(Cl)c4)o3)NC2=O)cc1. The number of hydrogen-bond donors (Lipinski definition) is 2. The molecule has 9 heteroatoms. The number of halogens is 1. The Balaban J connectivity index is 1.32. The van der Waals surface area contributed by atoms with Crippen LogP contribution in [0.15, 0.2) is 75.3 Å². The fraction of sp³-hybridized carbons (Fsp3) is 0.130. The van der Waals surface area contributed by atoms with Crippen molar-refractivity contribution in [1.29, 1.82) is 0 Å². The van der Waals surface area contributed by atoms with Crippen LogP contribution in [-0.2, 0) is 9.59 Å². The lowest BCUT2D eigenvalue weighted by Gasteiger charge is -2.07. The van der Waals surface area contributed by atoms with Crippen LogP contribution in [0.2, 0.25) is 5.02 Å². The Kier molecular flexibility index (Phi) is 6.72. The van der Waals surface area contributed by atoms with Gasteiger partial charge < -0.3 is 15.1 Å². The highest BCUT2D eigenvalue weighted by molar-refractivity contribution is 8.15. The van der Waals surface area contributed by atoms with E-state index in [0.717, 1.165) is 11.1 Å². The van der Waals surface area contributed by atoms with Crippen LogP contribution in [0.1, 0.15) is 17.7 Å². The normalized spacial score (nSPS) is 17.1. The number of nitrogens with zero attached hydrogens (tertiary/aromatic N) is 2. The van der Waals surface area contributed by atoms with Crippen LogP contribution in [-0.4, -0.2) is 28.4 Å². The highest BCUT2D eigenvalue weighted by atomic mass is 35.5. The van der Waals surface area contributed by atoms with Crippen molar-refractivity contribution in [2.75, 3.05) is 5.32 Å². The second kappa shape index (κ2) is 9.84. The summed E-state index contributed by atoms with van der Waals surface area (Å²) < 4.78 is 5.72. The maximum absolute atomic E-state index is 12.3. The van der Waals surface area contributed by atoms with Crippen LogP contribution >= 0.6 is 23.4 Å². The Morgan fingerprint density at radius 1 is 1.22 bits per heavy atom. The van der Waals surface area contributed by atoms with Crippen molar-refractivity contribution < 1.29 is 14.0 Å². The number of nitrogens with one attached hydrogen (secondary N) is 2. The van der Waals surface area contributed by atoms with Crippen molar-refractivity contribution in [3.8, 4) is 11.3 Å². The van der Waals surface area contributed by atoms with Crippen LogP contribution in [0.4, 0.5) is 5.69 Å². The molecule has 2 N–H and O–H groups in total. The molecule has 1 aliphatic rings. The third kappa shape index (κ3) is 5.66. The molecule has 1 aromatic heterocycles. The van der Waals surface area contributed by atoms with Gasteiger partial charge in [0.25, 0.3) is 0 Å². The predicted octanol–water partition coefficient (Wildman–Crippen LogP) is 4.86. The van der Waals surface area contributed by atoms with E-state index < -0.39 is 5.25 Å². The molecule has 162 valence electrons. The molecule has 32 heavy (non-hydrogen) atoms. The smallest absolute Gasteiger partial charge is 0.240 e. The van der Waals surface area contributed by atoms with E-state index in [-0.39, 0.29) is 18.2 Å². The summed E-state index contributed by atoms with van der Waals surface area (Å²) in [6.45, 7) is 1.97. The first-order valence-electron chi connectivity index (χ1n) is 9.77. The number of amides is 2. The van der Waals surface area contributed by atoms with Crippen molar-refractivity contribution in [1.82, 2.24) is 5.32 Å². The van der Waals surface area contributed by atoms with Crippen molar-refractivity contribution in [2.45, 2.75) is 18.6 Å². The Morgan fingerprint density at radius 3 is 2.81 bits per heavy atom. The van der Waals surface area contributed by atoms with E-state index in [1.165, 1.54) is 18.0 Å². The summed E-state index contributed by atoms with van der Waals surface area (Å²) in [4.78, 5) is 24.4. The minimum atomic E-state index is -0.563. The molecule has 2 amide bonds. The lowest BCUT2D eigenvalue weighted by molar-refractivity contribution is -0.122. The molecular formula is C23H19ClN4O3S. The zero-order chi connectivity index (χ0) is 22.5. The number of carbonyl (C=O) groups is 2. The zero-order valence-corrected chi connectivity index (χ0v) is 18.6. The molecule has 0 aliphatic carbocycles. The van der Waals surface area contributed by atoms with Crippen molar-refractivity contribution in [2.24, 2.45) is 10.2 Å². The minimum absolute atomic E-state index is 0.0360. The lowest BCUT2D eigenvalue weighted by Crippen LogP contribution is -2.28. The van der Waals surface area contributed by atoms with Gasteiger partial charge in [0.1, 0.15) is 16.8 Å². The third-order valence-corrected chi connectivity index (χ3v) is 5.86. The van der Waals surface area contributed by atoms with Gasteiger partial charge in [-0.25, -0.2) is 0 Å². The summed E-state index contributed by atoms with van der Waals surface area (Å²) in [7, 11) is 0. The average molecular weight is 467 g/mol. The van der Waals surface area contributed by atoms with Gasteiger partial charge in [0.15, 0.2) is 5.17 Å². The molecule has 0 saturated carbocycles. The maximum Gasteiger partial charge on any atom is 0.240 e. The summed E-state index contributed by atoms with van der Waals surface area (Å²) >= 11 is 7.18. The number of aryl methyl sites for hydroxylation is 1. The van der Waals surface area contributed by atoms with Gasteiger partial charge in [-0.3, -0.25) is 9.59 Å². The van der Waals surface area contributed by atoms with Gasteiger partial charge in [-0.1, -0.05) is 53.2 Å². The molecule has 2 aromatic carbocycles. The molecule has 3 aromatic rings. The summed E-state index contributed by atoms with van der Waals surface area (Å²) in [5.74, 6) is 0.650. The molecule has 1 saturated heterocycles. The minimum Gasteiger partial charge on any atom is -0.455 e. The molecule has 0 spiro atoms. The van der Waals surface area contributed by atoms with Gasteiger partial charge in [-0.15, -0.1) is 5.10 Å². The number of furan rings is 1. The largest absolute Gasteiger partial charge is 0.455 e. The summed E-state index contributed by atoms with van der Waals surface area (Å²) in [6.07, 6.45) is 1.49. The number of rotatable bonds is 6. The molecule has 4 rings (SSSR count).